The Morgan fingerprint density at radius 2 is 1.89 bits per heavy atom. The van der Waals surface area contributed by atoms with Crippen LogP contribution in [0.25, 0.3) is 0 Å². The SMILES string of the molecule is COC(=O)C(C)CNCC1(O)CCC(C)(C)CC1. The lowest BCUT2D eigenvalue weighted by Crippen LogP contribution is -2.46. The Bertz CT molecular complexity index is 279. The van der Waals surface area contributed by atoms with Crippen LogP contribution < -0.4 is 5.32 Å². The number of ether oxygens (including phenoxy) is 1. The van der Waals surface area contributed by atoms with Gasteiger partial charge in [-0.1, -0.05) is 20.8 Å². The number of hydrogen-bond acceptors (Lipinski definition) is 4. The highest BCUT2D eigenvalue weighted by atomic mass is 16.5. The Kier molecular flexibility index (Phi) is 5.17. The second-order valence-corrected chi connectivity index (χ2v) is 6.44. The second-order valence-electron chi connectivity index (χ2n) is 6.44. The fraction of sp³-hybridized carbons (Fsp3) is 0.929. The molecule has 106 valence electrons. The van der Waals surface area contributed by atoms with Crippen LogP contribution in [0.4, 0.5) is 0 Å². The average molecular weight is 257 g/mol. The fourth-order valence-electron chi connectivity index (χ4n) is 2.37. The fourth-order valence-corrected chi connectivity index (χ4v) is 2.37. The lowest BCUT2D eigenvalue weighted by atomic mass is 9.71. The van der Waals surface area contributed by atoms with Gasteiger partial charge in [-0.25, -0.2) is 0 Å². The van der Waals surface area contributed by atoms with E-state index in [4.69, 9.17) is 0 Å². The minimum Gasteiger partial charge on any atom is -0.469 e. The van der Waals surface area contributed by atoms with Crippen LogP contribution in [0.2, 0.25) is 0 Å². The van der Waals surface area contributed by atoms with Crippen LogP contribution in [0.15, 0.2) is 0 Å². The van der Waals surface area contributed by atoms with E-state index < -0.39 is 5.60 Å². The molecule has 0 aromatic rings. The third kappa shape index (κ3) is 4.58. The van der Waals surface area contributed by atoms with Crippen molar-refractivity contribution in [3.05, 3.63) is 0 Å². The topological polar surface area (TPSA) is 58.6 Å². The first kappa shape index (κ1) is 15.4. The molecular weight excluding hydrogens is 230 g/mol. The maximum atomic E-state index is 11.2. The monoisotopic (exact) mass is 257 g/mol. The number of methoxy groups -OCH3 is 1. The minimum absolute atomic E-state index is 0.168. The van der Waals surface area contributed by atoms with Crippen molar-refractivity contribution in [1.29, 1.82) is 0 Å². The largest absolute Gasteiger partial charge is 0.469 e. The van der Waals surface area contributed by atoms with Crippen molar-refractivity contribution in [2.24, 2.45) is 11.3 Å². The molecule has 0 radical (unpaired) electrons. The molecule has 0 amide bonds. The first-order valence-electron chi connectivity index (χ1n) is 6.79. The third-order valence-corrected chi connectivity index (χ3v) is 4.04. The standard InChI is InChI=1S/C14H27NO3/c1-11(12(16)18-4)9-15-10-14(17)7-5-13(2,3)6-8-14/h11,15,17H,5-10H2,1-4H3. The van der Waals surface area contributed by atoms with Gasteiger partial charge >= 0.3 is 5.97 Å². The van der Waals surface area contributed by atoms with Crippen LogP contribution >= 0.6 is 0 Å². The quantitative estimate of drug-likeness (QED) is 0.736. The van der Waals surface area contributed by atoms with Gasteiger partial charge in [0.2, 0.25) is 0 Å². The van der Waals surface area contributed by atoms with Gasteiger partial charge in [0.15, 0.2) is 0 Å². The molecule has 1 fully saturated rings. The van der Waals surface area contributed by atoms with Crippen molar-refractivity contribution in [2.75, 3.05) is 20.2 Å². The molecule has 0 bridgehead atoms. The van der Waals surface area contributed by atoms with Gasteiger partial charge in [0, 0.05) is 13.1 Å². The van der Waals surface area contributed by atoms with Gasteiger partial charge in [0.25, 0.3) is 0 Å². The third-order valence-electron chi connectivity index (χ3n) is 4.04. The lowest BCUT2D eigenvalue weighted by Gasteiger charge is -2.40. The molecule has 0 aromatic heterocycles. The first-order chi connectivity index (χ1) is 8.28. The van der Waals surface area contributed by atoms with Crippen LogP contribution in [0.5, 0.6) is 0 Å². The van der Waals surface area contributed by atoms with Crippen molar-refractivity contribution >= 4 is 5.97 Å². The number of nitrogens with one attached hydrogen (secondary N) is 1. The van der Waals surface area contributed by atoms with Crippen molar-refractivity contribution in [3.8, 4) is 0 Å². The molecule has 1 unspecified atom stereocenters. The van der Waals surface area contributed by atoms with Gasteiger partial charge in [0.05, 0.1) is 18.6 Å². The Balaban J connectivity index is 2.29. The van der Waals surface area contributed by atoms with Crippen LogP contribution in [-0.4, -0.2) is 36.9 Å². The summed E-state index contributed by atoms with van der Waals surface area (Å²) >= 11 is 0. The molecule has 1 aliphatic rings. The summed E-state index contributed by atoms with van der Waals surface area (Å²) in [6, 6.07) is 0. The second kappa shape index (κ2) is 6.02. The lowest BCUT2D eigenvalue weighted by molar-refractivity contribution is -0.144. The van der Waals surface area contributed by atoms with Crippen LogP contribution in [0.1, 0.15) is 46.5 Å². The molecule has 0 aromatic carbocycles. The number of carbonyl (C=O) groups is 1. The summed E-state index contributed by atoms with van der Waals surface area (Å²) in [5.74, 6) is -0.377. The molecule has 0 saturated heterocycles. The molecular formula is C14H27NO3. The summed E-state index contributed by atoms with van der Waals surface area (Å²) in [5, 5.41) is 13.6. The van der Waals surface area contributed by atoms with E-state index in [0.29, 0.717) is 18.5 Å². The molecule has 4 nitrogen and oxygen atoms in total. The molecule has 0 aliphatic heterocycles. The van der Waals surface area contributed by atoms with Gasteiger partial charge in [-0.3, -0.25) is 4.79 Å². The van der Waals surface area contributed by atoms with E-state index in [-0.39, 0.29) is 11.9 Å². The highest BCUT2D eigenvalue weighted by Crippen LogP contribution is 2.39. The van der Waals surface area contributed by atoms with E-state index in [2.05, 4.69) is 23.9 Å². The molecule has 1 rings (SSSR count). The van der Waals surface area contributed by atoms with Crippen molar-refractivity contribution in [2.45, 2.75) is 52.1 Å². The maximum absolute atomic E-state index is 11.2. The summed E-state index contributed by atoms with van der Waals surface area (Å²) < 4.78 is 4.67. The number of aliphatic hydroxyl groups is 1. The van der Waals surface area contributed by atoms with Gasteiger partial charge in [-0.05, 0) is 31.1 Å². The average Bonchev–Trinajstić information content (AvgIpc) is 2.32. The normalized spacial score (nSPS) is 23.4. The highest BCUT2D eigenvalue weighted by molar-refractivity contribution is 5.71. The van der Waals surface area contributed by atoms with Gasteiger partial charge in [0.1, 0.15) is 0 Å². The number of carbonyl (C=O) groups excluding carboxylic acids is 1. The minimum atomic E-state index is -0.606. The Morgan fingerprint density at radius 3 is 2.39 bits per heavy atom. The Hall–Kier alpha value is -0.610. The van der Waals surface area contributed by atoms with Gasteiger partial charge < -0.3 is 15.2 Å². The predicted molar refractivity (Wildman–Crippen MR) is 71.2 cm³/mol. The zero-order valence-electron chi connectivity index (χ0n) is 12.1. The van der Waals surface area contributed by atoms with Crippen LogP contribution in [0.3, 0.4) is 0 Å². The van der Waals surface area contributed by atoms with Crippen LogP contribution in [-0.2, 0) is 9.53 Å². The van der Waals surface area contributed by atoms with E-state index in [0.717, 1.165) is 25.7 Å². The zero-order valence-corrected chi connectivity index (χ0v) is 12.1. The molecule has 1 atom stereocenters. The summed E-state index contributed by atoms with van der Waals surface area (Å²) in [7, 11) is 1.40. The Labute approximate surface area is 110 Å². The summed E-state index contributed by atoms with van der Waals surface area (Å²) in [6.45, 7) is 7.44. The van der Waals surface area contributed by atoms with Gasteiger partial charge in [-0.2, -0.15) is 0 Å². The predicted octanol–water partition coefficient (Wildman–Crippen LogP) is 1.72. The smallest absolute Gasteiger partial charge is 0.309 e. The van der Waals surface area contributed by atoms with Crippen molar-refractivity contribution in [3.63, 3.8) is 0 Å². The van der Waals surface area contributed by atoms with Gasteiger partial charge in [-0.15, -0.1) is 0 Å². The van der Waals surface area contributed by atoms with E-state index >= 15 is 0 Å². The molecule has 0 spiro atoms. The molecule has 4 heteroatoms. The number of rotatable bonds is 5. The molecule has 18 heavy (non-hydrogen) atoms. The van der Waals surface area contributed by atoms with Crippen molar-refractivity contribution in [1.82, 2.24) is 5.32 Å². The zero-order chi connectivity index (χ0) is 13.8. The molecule has 1 saturated carbocycles. The Morgan fingerprint density at radius 1 is 1.33 bits per heavy atom. The van der Waals surface area contributed by atoms with Crippen LogP contribution in [0, 0.1) is 11.3 Å². The molecule has 1 aliphatic carbocycles. The number of hydrogen-bond donors (Lipinski definition) is 2. The summed E-state index contributed by atoms with van der Waals surface area (Å²) in [4.78, 5) is 11.2. The molecule has 0 heterocycles. The van der Waals surface area contributed by atoms with E-state index in [1.807, 2.05) is 6.92 Å². The maximum Gasteiger partial charge on any atom is 0.309 e. The highest BCUT2D eigenvalue weighted by Gasteiger charge is 2.36. The van der Waals surface area contributed by atoms with E-state index in [1.165, 1.54) is 7.11 Å². The first-order valence-corrected chi connectivity index (χ1v) is 6.79. The summed E-state index contributed by atoms with van der Waals surface area (Å²) in [6.07, 6.45) is 3.77. The summed E-state index contributed by atoms with van der Waals surface area (Å²) in [5.41, 5.74) is -0.253. The van der Waals surface area contributed by atoms with Crippen molar-refractivity contribution < 1.29 is 14.6 Å². The number of esters is 1. The van der Waals surface area contributed by atoms with E-state index in [1.54, 1.807) is 0 Å². The van der Waals surface area contributed by atoms with E-state index in [9.17, 15) is 9.90 Å². The molecule has 2 N–H and O–H groups in total.